The van der Waals surface area contributed by atoms with E-state index in [9.17, 15) is 24.3 Å². The summed E-state index contributed by atoms with van der Waals surface area (Å²) in [6.45, 7) is 5.78. The van der Waals surface area contributed by atoms with E-state index in [0.717, 1.165) is 44.1 Å². The SMILES string of the molecule is CC(NC(=O)CCC(=O)OCC(=O)[C@@]1(O)CCC2C3CCC4=CC(=O)CC[C@]4(C)C3CC[C@@]21C)c1ccccc1. The number of carbonyl (C=O) groups is 4. The van der Waals surface area contributed by atoms with Crippen molar-refractivity contribution in [2.24, 2.45) is 28.6 Å². The van der Waals surface area contributed by atoms with Gasteiger partial charge in [0.25, 0.3) is 0 Å². The van der Waals surface area contributed by atoms with Crippen LogP contribution in [0.15, 0.2) is 42.0 Å². The molecule has 1 aromatic carbocycles. The van der Waals surface area contributed by atoms with Crippen LogP contribution in [-0.2, 0) is 23.9 Å². The number of aliphatic hydroxyl groups is 1. The minimum absolute atomic E-state index is 0.0296. The monoisotopic (exact) mass is 549 g/mol. The first-order chi connectivity index (χ1) is 19.0. The fourth-order valence-corrected chi connectivity index (χ4v) is 8.73. The first kappa shape index (κ1) is 28.7. The molecule has 216 valence electrons. The van der Waals surface area contributed by atoms with E-state index in [-0.39, 0.29) is 41.9 Å². The van der Waals surface area contributed by atoms with E-state index in [0.29, 0.717) is 24.7 Å². The number of hydrogen-bond acceptors (Lipinski definition) is 6. The number of ether oxygens (including phenoxy) is 1. The van der Waals surface area contributed by atoms with Crippen molar-refractivity contribution in [1.82, 2.24) is 5.32 Å². The van der Waals surface area contributed by atoms with Crippen LogP contribution in [-0.4, -0.2) is 40.8 Å². The molecule has 0 radical (unpaired) electrons. The molecule has 0 spiro atoms. The maximum absolute atomic E-state index is 13.4. The molecule has 1 aromatic rings. The molecule has 0 bridgehead atoms. The van der Waals surface area contributed by atoms with Crippen molar-refractivity contribution in [2.75, 3.05) is 6.61 Å². The van der Waals surface area contributed by atoms with Crippen LogP contribution in [0.1, 0.15) is 96.6 Å². The summed E-state index contributed by atoms with van der Waals surface area (Å²) in [6, 6.07) is 9.39. The number of esters is 1. The molecule has 7 atom stereocenters. The normalized spacial score (nSPS) is 35.5. The molecule has 1 amide bonds. The van der Waals surface area contributed by atoms with E-state index in [1.54, 1.807) is 0 Å². The summed E-state index contributed by atoms with van der Waals surface area (Å²) in [6.07, 6.45) is 7.96. The number of carbonyl (C=O) groups excluding carboxylic acids is 4. The van der Waals surface area contributed by atoms with Crippen LogP contribution in [0.2, 0.25) is 0 Å². The third-order valence-corrected chi connectivity index (χ3v) is 11.2. The number of allylic oxidation sites excluding steroid dienone is 1. The second-order valence-electron chi connectivity index (χ2n) is 13.1. The highest BCUT2D eigenvalue weighted by Gasteiger charge is 2.66. The highest BCUT2D eigenvalue weighted by atomic mass is 16.5. The molecular weight excluding hydrogens is 506 g/mol. The van der Waals surface area contributed by atoms with E-state index >= 15 is 0 Å². The smallest absolute Gasteiger partial charge is 0.306 e. The van der Waals surface area contributed by atoms with Gasteiger partial charge >= 0.3 is 5.97 Å². The van der Waals surface area contributed by atoms with Crippen molar-refractivity contribution in [3.05, 3.63) is 47.5 Å². The number of benzene rings is 1. The lowest BCUT2D eigenvalue weighted by molar-refractivity contribution is -0.170. The predicted octanol–water partition coefficient (Wildman–Crippen LogP) is 5.02. The summed E-state index contributed by atoms with van der Waals surface area (Å²) >= 11 is 0. The molecule has 0 heterocycles. The summed E-state index contributed by atoms with van der Waals surface area (Å²) < 4.78 is 5.28. The zero-order valence-corrected chi connectivity index (χ0v) is 24.0. The Morgan fingerprint density at radius 1 is 1.00 bits per heavy atom. The number of rotatable bonds is 8. The molecule has 0 aromatic heterocycles. The molecule has 7 heteroatoms. The fraction of sp³-hybridized carbons (Fsp3) is 0.636. The van der Waals surface area contributed by atoms with Gasteiger partial charge in [0.2, 0.25) is 11.7 Å². The molecule has 5 rings (SSSR count). The summed E-state index contributed by atoms with van der Waals surface area (Å²) in [5.74, 6) is 0.0285. The van der Waals surface area contributed by atoms with Crippen molar-refractivity contribution < 1.29 is 29.0 Å². The van der Waals surface area contributed by atoms with Gasteiger partial charge in [0.15, 0.2) is 12.4 Å². The Balaban J connectivity index is 1.15. The van der Waals surface area contributed by atoms with Crippen LogP contribution in [0.5, 0.6) is 0 Å². The number of fused-ring (bicyclic) bond motifs is 5. The van der Waals surface area contributed by atoms with Crippen molar-refractivity contribution >= 4 is 23.4 Å². The van der Waals surface area contributed by atoms with Gasteiger partial charge < -0.3 is 15.2 Å². The molecule has 4 aliphatic rings. The lowest BCUT2D eigenvalue weighted by atomic mass is 9.46. The van der Waals surface area contributed by atoms with Gasteiger partial charge in [-0.25, -0.2) is 0 Å². The first-order valence-electron chi connectivity index (χ1n) is 15.0. The average molecular weight is 550 g/mol. The third-order valence-electron chi connectivity index (χ3n) is 11.2. The Morgan fingerprint density at radius 2 is 1.73 bits per heavy atom. The van der Waals surface area contributed by atoms with E-state index < -0.39 is 29.4 Å². The molecule has 40 heavy (non-hydrogen) atoms. The van der Waals surface area contributed by atoms with Crippen molar-refractivity contribution in [1.29, 1.82) is 0 Å². The lowest BCUT2D eigenvalue weighted by Crippen LogP contribution is -2.58. The number of Topliss-reactive ketones (excluding diaryl/α,β-unsaturated/α-hetero) is 1. The van der Waals surface area contributed by atoms with Crippen LogP contribution in [0, 0.1) is 28.6 Å². The van der Waals surface area contributed by atoms with Crippen LogP contribution >= 0.6 is 0 Å². The Bertz CT molecular complexity index is 1210. The van der Waals surface area contributed by atoms with Gasteiger partial charge in [-0.1, -0.05) is 49.8 Å². The summed E-state index contributed by atoms with van der Waals surface area (Å²) in [5.41, 5.74) is 0.220. The van der Waals surface area contributed by atoms with Crippen LogP contribution in [0.25, 0.3) is 0 Å². The Kier molecular flexibility index (Phi) is 7.81. The van der Waals surface area contributed by atoms with Gasteiger partial charge in [-0.3, -0.25) is 19.2 Å². The van der Waals surface area contributed by atoms with Crippen LogP contribution in [0.3, 0.4) is 0 Å². The van der Waals surface area contributed by atoms with Gasteiger partial charge in [0, 0.05) is 18.3 Å². The molecule has 2 N–H and O–H groups in total. The summed E-state index contributed by atoms with van der Waals surface area (Å²) in [4.78, 5) is 50.2. The molecule has 4 aliphatic carbocycles. The second kappa shape index (κ2) is 10.9. The third kappa shape index (κ3) is 4.95. The molecular formula is C33H43NO6. The minimum Gasteiger partial charge on any atom is -0.458 e. The topological polar surface area (TPSA) is 110 Å². The molecule has 4 unspecified atom stereocenters. The summed E-state index contributed by atoms with van der Waals surface area (Å²) in [5, 5.41) is 14.7. The Hall–Kier alpha value is -2.80. The quantitative estimate of drug-likeness (QED) is 0.441. The van der Waals surface area contributed by atoms with Gasteiger partial charge in [-0.2, -0.15) is 0 Å². The Morgan fingerprint density at radius 3 is 2.48 bits per heavy atom. The number of amides is 1. The number of nitrogens with one attached hydrogen (secondary N) is 1. The maximum Gasteiger partial charge on any atom is 0.306 e. The zero-order valence-electron chi connectivity index (χ0n) is 24.0. The number of ketones is 2. The standard InChI is InChI=1S/C33H43NO6/c1-21(22-7-5-4-6-8-22)34-29(37)11-12-30(38)40-20-28(36)33(39)18-15-27-25-10-9-23-19-24(35)13-16-31(23,2)26(25)14-17-32(27,33)3/h4-8,19,21,25-27,39H,9-18,20H2,1-3H3,(H,34,37)/t21?,25?,26?,27?,31-,32-,33-/m0/s1. The largest absolute Gasteiger partial charge is 0.458 e. The van der Waals surface area contributed by atoms with Crippen molar-refractivity contribution in [3.63, 3.8) is 0 Å². The van der Waals surface area contributed by atoms with E-state index in [1.807, 2.05) is 43.3 Å². The second-order valence-corrected chi connectivity index (χ2v) is 13.1. The highest BCUT2D eigenvalue weighted by molar-refractivity contribution is 5.92. The Labute approximate surface area is 237 Å². The highest BCUT2D eigenvalue weighted by Crippen LogP contribution is 2.67. The molecule has 7 nitrogen and oxygen atoms in total. The van der Waals surface area contributed by atoms with Gasteiger partial charge in [0.05, 0.1) is 12.5 Å². The van der Waals surface area contributed by atoms with Crippen LogP contribution in [0.4, 0.5) is 0 Å². The molecule has 3 saturated carbocycles. The van der Waals surface area contributed by atoms with Crippen molar-refractivity contribution in [3.8, 4) is 0 Å². The maximum atomic E-state index is 13.4. The minimum atomic E-state index is -1.52. The molecule has 0 aliphatic heterocycles. The van der Waals surface area contributed by atoms with Crippen LogP contribution < -0.4 is 5.32 Å². The van der Waals surface area contributed by atoms with Crippen molar-refractivity contribution in [2.45, 2.75) is 96.6 Å². The predicted molar refractivity (Wildman–Crippen MR) is 150 cm³/mol. The zero-order chi connectivity index (χ0) is 28.7. The molecule has 3 fully saturated rings. The summed E-state index contributed by atoms with van der Waals surface area (Å²) in [7, 11) is 0. The fourth-order valence-electron chi connectivity index (χ4n) is 8.73. The van der Waals surface area contributed by atoms with Gasteiger partial charge in [-0.05, 0) is 86.7 Å². The lowest BCUT2D eigenvalue weighted by Gasteiger charge is -2.58. The van der Waals surface area contributed by atoms with E-state index in [2.05, 4.69) is 19.2 Å². The first-order valence-corrected chi connectivity index (χ1v) is 15.0. The van der Waals surface area contributed by atoms with E-state index in [1.165, 1.54) is 5.57 Å². The van der Waals surface area contributed by atoms with E-state index in [4.69, 9.17) is 4.74 Å². The van der Waals surface area contributed by atoms with Gasteiger partial charge in [0.1, 0.15) is 5.60 Å². The van der Waals surface area contributed by atoms with Gasteiger partial charge in [-0.15, -0.1) is 0 Å². The average Bonchev–Trinajstić information content (AvgIpc) is 3.22. The number of hydrogen-bond donors (Lipinski definition) is 2. The molecule has 0 saturated heterocycles.